The van der Waals surface area contributed by atoms with E-state index >= 15 is 0 Å². The van der Waals surface area contributed by atoms with Gasteiger partial charge in [0.2, 0.25) is 0 Å². The molecule has 0 fully saturated rings. The molecule has 0 aliphatic rings. The average Bonchev–Trinajstić information content (AvgIpc) is 2.84. The van der Waals surface area contributed by atoms with Gasteiger partial charge in [-0.15, -0.1) is 0 Å². The second kappa shape index (κ2) is 8.80. The van der Waals surface area contributed by atoms with Crippen LogP contribution in [0.15, 0.2) is 116 Å². The third-order valence-electron chi connectivity index (χ3n) is 5.62. The van der Waals surface area contributed by atoms with Crippen LogP contribution in [0.2, 0.25) is 0 Å². The van der Waals surface area contributed by atoms with Crippen molar-refractivity contribution in [3.05, 3.63) is 133 Å². The van der Waals surface area contributed by atoms with Crippen LogP contribution in [-0.2, 0) is 6.42 Å². The highest BCUT2D eigenvalue weighted by Gasteiger charge is 2.10. The predicted octanol–water partition coefficient (Wildman–Crippen LogP) is 8.31. The van der Waals surface area contributed by atoms with Crippen molar-refractivity contribution in [3.63, 3.8) is 0 Å². The van der Waals surface area contributed by atoms with Crippen LogP contribution in [0.1, 0.15) is 23.6 Å². The smallest absolute Gasteiger partial charge is 0.0152 e. The van der Waals surface area contributed by atoms with E-state index in [1.165, 1.54) is 33.4 Å². The zero-order valence-corrected chi connectivity index (χ0v) is 17.4. The number of allylic oxidation sites excluding steroid dienone is 2. The minimum atomic E-state index is 0.971. The molecule has 0 heterocycles. The maximum absolute atomic E-state index is 4.37. The Kier molecular flexibility index (Phi) is 5.77. The van der Waals surface area contributed by atoms with E-state index in [-0.39, 0.29) is 0 Å². The van der Waals surface area contributed by atoms with Gasteiger partial charge in [0, 0.05) is 0 Å². The van der Waals surface area contributed by atoms with Gasteiger partial charge < -0.3 is 0 Å². The monoisotopic (exact) mass is 386 g/mol. The molecule has 0 saturated carbocycles. The average molecular weight is 387 g/mol. The molecule has 0 aliphatic carbocycles. The van der Waals surface area contributed by atoms with Crippen LogP contribution in [0.4, 0.5) is 0 Å². The lowest BCUT2D eigenvalue weighted by Crippen LogP contribution is -1.94. The molecular formula is C30H26. The van der Waals surface area contributed by atoms with Gasteiger partial charge in [-0.05, 0) is 62.6 Å². The van der Waals surface area contributed by atoms with Crippen molar-refractivity contribution in [2.75, 3.05) is 0 Å². The Hall–Kier alpha value is -3.64. The summed E-state index contributed by atoms with van der Waals surface area (Å²) in [7, 11) is 0. The standard InChI is InChI=1S/C30H26/c1-4-24-11-8-9-16-30(24)23(3)22(2)28-14-10-15-29(21-28)27-19-17-26(18-20-27)25-12-6-5-7-13-25/h5-21H,2-4H2,1H3. The quantitative estimate of drug-likeness (QED) is 0.292. The summed E-state index contributed by atoms with van der Waals surface area (Å²) in [5.41, 5.74) is 10.4. The summed E-state index contributed by atoms with van der Waals surface area (Å²) in [5, 5.41) is 0. The first kappa shape index (κ1) is 19.7. The maximum Gasteiger partial charge on any atom is -0.0152 e. The Morgan fingerprint density at radius 3 is 1.83 bits per heavy atom. The van der Waals surface area contributed by atoms with Crippen molar-refractivity contribution in [3.8, 4) is 22.3 Å². The molecule has 0 nitrogen and oxygen atoms in total. The molecule has 0 N–H and O–H groups in total. The molecule has 0 aromatic heterocycles. The molecule has 0 heteroatoms. The van der Waals surface area contributed by atoms with Crippen molar-refractivity contribution < 1.29 is 0 Å². The van der Waals surface area contributed by atoms with Crippen molar-refractivity contribution in [2.24, 2.45) is 0 Å². The molecular weight excluding hydrogens is 360 g/mol. The van der Waals surface area contributed by atoms with Crippen LogP contribution in [0.5, 0.6) is 0 Å². The molecule has 4 aromatic rings. The Balaban J connectivity index is 1.61. The Labute approximate surface area is 179 Å². The summed E-state index contributed by atoms with van der Waals surface area (Å²) in [6.07, 6.45) is 0.982. The fourth-order valence-electron chi connectivity index (χ4n) is 3.83. The first-order valence-electron chi connectivity index (χ1n) is 10.4. The number of hydrogen-bond donors (Lipinski definition) is 0. The van der Waals surface area contributed by atoms with Gasteiger partial charge in [0.15, 0.2) is 0 Å². The summed E-state index contributed by atoms with van der Waals surface area (Å²) in [5.74, 6) is 0. The molecule has 0 saturated heterocycles. The van der Waals surface area contributed by atoms with Crippen LogP contribution in [0, 0.1) is 0 Å². The topological polar surface area (TPSA) is 0 Å². The van der Waals surface area contributed by atoms with E-state index in [4.69, 9.17) is 0 Å². The van der Waals surface area contributed by atoms with Crippen molar-refractivity contribution in [2.45, 2.75) is 13.3 Å². The molecule has 0 spiro atoms. The van der Waals surface area contributed by atoms with Crippen LogP contribution in [0.3, 0.4) is 0 Å². The first-order chi connectivity index (χ1) is 14.7. The lowest BCUT2D eigenvalue weighted by atomic mass is 9.90. The lowest BCUT2D eigenvalue weighted by Gasteiger charge is -2.15. The number of aryl methyl sites for hydroxylation is 1. The second-order valence-electron chi connectivity index (χ2n) is 7.49. The van der Waals surface area contributed by atoms with Gasteiger partial charge in [0.1, 0.15) is 0 Å². The van der Waals surface area contributed by atoms with E-state index in [2.05, 4.69) is 117 Å². The van der Waals surface area contributed by atoms with Gasteiger partial charge in [-0.3, -0.25) is 0 Å². The van der Waals surface area contributed by atoms with Crippen LogP contribution < -0.4 is 0 Å². The highest BCUT2D eigenvalue weighted by Crippen LogP contribution is 2.33. The number of hydrogen-bond acceptors (Lipinski definition) is 0. The van der Waals surface area contributed by atoms with Crippen LogP contribution >= 0.6 is 0 Å². The normalized spacial score (nSPS) is 10.6. The molecule has 0 unspecified atom stereocenters. The molecule has 0 amide bonds. The molecule has 0 bridgehead atoms. The van der Waals surface area contributed by atoms with Gasteiger partial charge in [-0.2, -0.15) is 0 Å². The SMILES string of the molecule is C=C(C(=C)c1ccccc1CC)c1cccc(-c2ccc(-c3ccccc3)cc2)c1. The molecule has 4 aromatic carbocycles. The van der Waals surface area contributed by atoms with Crippen molar-refractivity contribution >= 4 is 11.1 Å². The highest BCUT2D eigenvalue weighted by molar-refractivity contribution is 6.04. The van der Waals surface area contributed by atoms with Crippen LogP contribution in [-0.4, -0.2) is 0 Å². The lowest BCUT2D eigenvalue weighted by molar-refractivity contribution is 1.13. The Morgan fingerprint density at radius 2 is 1.13 bits per heavy atom. The van der Waals surface area contributed by atoms with Gasteiger partial charge in [-0.1, -0.05) is 117 Å². The fourth-order valence-corrected chi connectivity index (χ4v) is 3.83. The fraction of sp³-hybridized carbons (Fsp3) is 0.0667. The predicted molar refractivity (Wildman–Crippen MR) is 131 cm³/mol. The van der Waals surface area contributed by atoms with Crippen LogP contribution in [0.25, 0.3) is 33.4 Å². The largest absolute Gasteiger partial charge is 0.0906 e. The summed E-state index contributed by atoms with van der Waals surface area (Å²) in [6.45, 7) is 10.9. The van der Waals surface area contributed by atoms with E-state index in [1.807, 2.05) is 6.07 Å². The van der Waals surface area contributed by atoms with Gasteiger partial charge in [0.25, 0.3) is 0 Å². The minimum Gasteiger partial charge on any atom is -0.0906 e. The maximum atomic E-state index is 4.37. The number of rotatable bonds is 6. The van der Waals surface area contributed by atoms with Gasteiger partial charge >= 0.3 is 0 Å². The minimum absolute atomic E-state index is 0.971. The summed E-state index contributed by atoms with van der Waals surface area (Å²) in [6, 6.07) is 36.2. The van der Waals surface area contributed by atoms with E-state index in [9.17, 15) is 0 Å². The summed E-state index contributed by atoms with van der Waals surface area (Å²) < 4.78 is 0. The molecule has 4 rings (SSSR count). The summed E-state index contributed by atoms with van der Waals surface area (Å²) in [4.78, 5) is 0. The number of benzene rings is 4. The highest BCUT2D eigenvalue weighted by atomic mass is 14.1. The van der Waals surface area contributed by atoms with E-state index in [0.717, 1.165) is 23.1 Å². The molecule has 146 valence electrons. The Morgan fingerprint density at radius 1 is 0.567 bits per heavy atom. The summed E-state index contributed by atoms with van der Waals surface area (Å²) >= 11 is 0. The zero-order chi connectivity index (χ0) is 20.9. The first-order valence-corrected chi connectivity index (χ1v) is 10.4. The molecule has 0 radical (unpaired) electrons. The van der Waals surface area contributed by atoms with E-state index < -0.39 is 0 Å². The van der Waals surface area contributed by atoms with Gasteiger partial charge in [0.05, 0.1) is 0 Å². The molecule has 0 atom stereocenters. The molecule has 30 heavy (non-hydrogen) atoms. The third kappa shape index (κ3) is 4.04. The Bertz CT molecular complexity index is 1180. The van der Waals surface area contributed by atoms with Crippen molar-refractivity contribution in [1.29, 1.82) is 0 Å². The zero-order valence-electron chi connectivity index (χ0n) is 17.4. The second-order valence-corrected chi connectivity index (χ2v) is 7.49. The van der Waals surface area contributed by atoms with E-state index in [0.29, 0.717) is 0 Å². The molecule has 0 aliphatic heterocycles. The third-order valence-corrected chi connectivity index (χ3v) is 5.62. The van der Waals surface area contributed by atoms with Gasteiger partial charge in [-0.25, -0.2) is 0 Å². The van der Waals surface area contributed by atoms with Crippen molar-refractivity contribution in [1.82, 2.24) is 0 Å². The van der Waals surface area contributed by atoms with E-state index in [1.54, 1.807) is 0 Å².